The summed E-state index contributed by atoms with van der Waals surface area (Å²) in [4.78, 5) is 0. The Kier molecular flexibility index (Phi) is 4.56. The lowest BCUT2D eigenvalue weighted by atomic mass is 9.94. The van der Waals surface area contributed by atoms with Crippen molar-refractivity contribution in [3.05, 3.63) is 84.3 Å². The van der Waals surface area contributed by atoms with Crippen LogP contribution in [0.1, 0.15) is 17.2 Å². The van der Waals surface area contributed by atoms with Crippen LogP contribution < -0.4 is 10.5 Å². The third-order valence-electron chi connectivity index (χ3n) is 3.62. The molecular formula is C19H19NO2. The number of rotatable bonds is 6. The number of ether oxygens (including phenoxy) is 1. The molecule has 0 bridgehead atoms. The normalized spacial score (nSPS) is 12.0. The van der Waals surface area contributed by atoms with Gasteiger partial charge in [-0.3, -0.25) is 0 Å². The average Bonchev–Trinajstić information content (AvgIpc) is 3.07. The lowest BCUT2D eigenvalue weighted by Crippen LogP contribution is -2.14. The first-order valence-electron chi connectivity index (χ1n) is 7.40. The lowest BCUT2D eigenvalue weighted by molar-refractivity contribution is 0.475. The first-order valence-corrected chi connectivity index (χ1v) is 7.40. The van der Waals surface area contributed by atoms with Crippen LogP contribution in [-0.4, -0.2) is 6.54 Å². The molecule has 2 aromatic carbocycles. The van der Waals surface area contributed by atoms with Gasteiger partial charge in [-0.2, -0.15) is 0 Å². The number of para-hydroxylation sites is 1. The van der Waals surface area contributed by atoms with Crippen LogP contribution in [0.3, 0.4) is 0 Å². The molecule has 2 N–H and O–H groups in total. The molecule has 0 saturated carbocycles. The van der Waals surface area contributed by atoms with Crippen LogP contribution in [0.4, 0.5) is 0 Å². The summed E-state index contributed by atoms with van der Waals surface area (Å²) in [5.74, 6) is 2.81. The van der Waals surface area contributed by atoms with Gasteiger partial charge >= 0.3 is 0 Å². The van der Waals surface area contributed by atoms with Gasteiger partial charge in [0.25, 0.3) is 0 Å². The second-order valence-corrected chi connectivity index (χ2v) is 5.20. The first-order chi connectivity index (χ1) is 10.8. The van der Waals surface area contributed by atoms with E-state index in [1.165, 1.54) is 0 Å². The monoisotopic (exact) mass is 293 g/mol. The van der Waals surface area contributed by atoms with E-state index in [2.05, 4.69) is 6.07 Å². The van der Waals surface area contributed by atoms with Crippen molar-refractivity contribution < 1.29 is 9.15 Å². The first kappa shape index (κ1) is 14.4. The number of hydrogen-bond donors (Lipinski definition) is 1. The second kappa shape index (κ2) is 6.96. The number of benzene rings is 2. The van der Waals surface area contributed by atoms with E-state index in [1.807, 2.05) is 60.7 Å². The Bertz CT molecular complexity index is 692. The molecule has 1 heterocycles. The average molecular weight is 293 g/mol. The molecule has 1 atom stereocenters. The van der Waals surface area contributed by atoms with Crippen molar-refractivity contribution in [3.8, 4) is 11.5 Å². The van der Waals surface area contributed by atoms with Crippen molar-refractivity contribution in [2.24, 2.45) is 5.73 Å². The Morgan fingerprint density at radius 2 is 1.73 bits per heavy atom. The summed E-state index contributed by atoms with van der Waals surface area (Å²) in [6.45, 7) is 0.565. The molecule has 3 nitrogen and oxygen atoms in total. The van der Waals surface area contributed by atoms with E-state index in [0.717, 1.165) is 29.2 Å². The van der Waals surface area contributed by atoms with Crippen LogP contribution in [0.5, 0.6) is 11.5 Å². The van der Waals surface area contributed by atoms with Gasteiger partial charge in [0.15, 0.2) is 0 Å². The molecule has 3 heteroatoms. The second-order valence-electron chi connectivity index (χ2n) is 5.20. The molecule has 0 spiro atoms. The molecule has 0 saturated heterocycles. The molecule has 0 fully saturated rings. The van der Waals surface area contributed by atoms with Crippen molar-refractivity contribution in [2.75, 3.05) is 6.54 Å². The van der Waals surface area contributed by atoms with Crippen molar-refractivity contribution >= 4 is 0 Å². The van der Waals surface area contributed by atoms with Gasteiger partial charge in [-0.25, -0.2) is 0 Å². The summed E-state index contributed by atoms with van der Waals surface area (Å²) in [6, 6.07) is 21.7. The Hall–Kier alpha value is -2.52. The molecule has 112 valence electrons. The summed E-state index contributed by atoms with van der Waals surface area (Å²) in [7, 11) is 0. The van der Waals surface area contributed by atoms with Crippen LogP contribution >= 0.6 is 0 Å². The largest absolute Gasteiger partial charge is 0.469 e. The predicted octanol–water partition coefficient (Wildman–Crippen LogP) is 4.36. The molecular weight excluding hydrogens is 274 g/mol. The highest BCUT2D eigenvalue weighted by Crippen LogP contribution is 2.27. The molecule has 0 aliphatic heterocycles. The molecule has 0 aliphatic rings. The molecule has 1 aromatic heterocycles. The topological polar surface area (TPSA) is 48.4 Å². The van der Waals surface area contributed by atoms with Crippen molar-refractivity contribution in [1.82, 2.24) is 0 Å². The third-order valence-corrected chi connectivity index (χ3v) is 3.62. The maximum absolute atomic E-state index is 5.94. The minimum atomic E-state index is 0.213. The zero-order valence-electron chi connectivity index (χ0n) is 12.3. The van der Waals surface area contributed by atoms with Gasteiger partial charge in [0.05, 0.1) is 6.26 Å². The van der Waals surface area contributed by atoms with Crippen LogP contribution in [0.2, 0.25) is 0 Å². The van der Waals surface area contributed by atoms with E-state index in [9.17, 15) is 0 Å². The van der Waals surface area contributed by atoms with Crippen LogP contribution in [-0.2, 0) is 6.42 Å². The Labute approximate surface area is 130 Å². The van der Waals surface area contributed by atoms with E-state index in [-0.39, 0.29) is 5.92 Å². The van der Waals surface area contributed by atoms with Crippen LogP contribution in [0, 0.1) is 0 Å². The highest BCUT2D eigenvalue weighted by Gasteiger charge is 2.13. The number of nitrogens with two attached hydrogens (primary N) is 1. The fourth-order valence-corrected chi connectivity index (χ4v) is 2.47. The fraction of sp³-hybridized carbons (Fsp3) is 0.158. The Morgan fingerprint density at radius 3 is 2.45 bits per heavy atom. The number of furan rings is 1. The van der Waals surface area contributed by atoms with Crippen molar-refractivity contribution in [3.63, 3.8) is 0 Å². The smallest absolute Gasteiger partial charge is 0.127 e. The van der Waals surface area contributed by atoms with E-state index >= 15 is 0 Å². The van der Waals surface area contributed by atoms with Gasteiger partial charge in [-0.05, 0) is 48.5 Å². The molecule has 0 aliphatic carbocycles. The molecule has 0 radical (unpaired) electrons. The Balaban J connectivity index is 1.77. The zero-order valence-corrected chi connectivity index (χ0v) is 12.3. The van der Waals surface area contributed by atoms with Gasteiger partial charge in [-0.15, -0.1) is 0 Å². The van der Waals surface area contributed by atoms with E-state index < -0.39 is 0 Å². The van der Waals surface area contributed by atoms with Gasteiger partial charge in [0.1, 0.15) is 17.3 Å². The minimum absolute atomic E-state index is 0.213. The quantitative estimate of drug-likeness (QED) is 0.734. The van der Waals surface area contributed by atoms with Crippen LogP contribution in [0.15, 0.2) is 77.4 Å². The van der Waals surface area contributed by atoms with E-state index in [0.29, 0.717) is 6.54 Å². The maximum Gasteiger partial charge on any atom is 0.127 e. The summed E-state index contributed by atoms with van der Waals surface area (Å²) in [5, 5.41) is 0. The van der Waals surface area contributed by atoms with Gasteiger partial charge in [0, 0.05) is 12.3 Å². The fourth-order valence-electron chi connectivity index (χ4n) is 2.47. The zero-order chi connectivity index (χ0) is 15.2. The standard InChI is InChI=1S/C19H19NO2/c20-14-16(13-18-10-5-11-21-18)15-6-4-9-19(12-15)22-17-7-2-1-3-8-17/h1-12,16H,13-14,20H2. The van der Waals surface area contributed by atoms with E-state index in [1.54, 1.807) is 6.26 Å². The van der Waals surface area contributed by atoms with Crippen molar-refractivity contribution in [1.29, 1.82) is 0 Å². The minimum Gasteiger partial charge on any atom is -0.469 e. The van der Waals surface area contributed by atoms with Gasteiger partial charge < -0.3 is 14.9 Å². The summed E-state index contributed by atoms with van der Waals surface area (Å²) >= 11 is 0. The summed E-state index contributed by atoms with van der Waals surface area (Å²) < 4.78 is 11.3. The molecule has 22 heavy (non-hydrogen) atoms. The molecule has 0 amide bonds. The van der Waals surface area contributed by atoms with E-state index in [4.69, 9.17) is 14.9 Å². The summed E-state index contributed by atoms with van der Waals surface area (Å²) in [5.41, 5.74) is 7.10. The number of hydrogen-bond acceptors (Lipinski definition) is 3. The lowest BCUT2D eigenvalue weighted by Gasteiger charge is -2.15. The van der Waals surface area contributed by atoms with Gasteiger partial charge in [0.2, 0.25) is 0 Å². The highest BCUT2D eigenvalue weighted by atomic mass is 16.5. The summed E-state index contributed by atoms with van der Waals surface area (Å²) in [6.07, 6.45) is 2.48. The SMILES string of the molecule is NCC(Cc1ccco1)c1cccc(Oc2ccccc2)c1. The predicted molar refractivity (Wildman–Crippen MR) is 87.2 cm³/mol. The van der Waals surface area contributed by atoms with Gasteiger partial charge in [-0.1, -0.05) is 30.3 Å². The maximum atomic E-state index is 5.94. The molecule has 3 aromatic rings. The molecule has 3 rings (SSSR count). The van der Waals surface area contributed by atoms with Crippen molar-refractivity contribution in [2.45, 2.75) is 12.3 Å². The van der Waals surface area contributed by atoms with Crippen LogP contribution in [0.25, 0.3) is 0 Å². The molecule has 1 unspecified atom stereocenters. The Morgan fingerprint density at radius 1 is 0.909 bits per heavy atom. The highest BCUT2D eigenvalue weighted by molar-refractivity contribution is 5.35. The third kappa shape index (κ3) is 3.57.